The molecule has 1 atom stereocenters. The van der Waals surface area contributed by atoms with E-state index in [1.165, 1.54) is 11.3 Å². The number of carbonyl (C=O) groups excluding carboxylic acids is 1. The molecule has 1 unspecified atom stereocenters. The van der Waals surface area contributed by atoms with Crippen LogP contribution in [0.4, 0.5) is 0 Å². The topological polar surface area (TPSA) is 29.1 Å². The summed E-state index contributed by atoms with van der Waals surface area (Å²) in [4.78, 5) is 12.2. The minimum Gasteiger partial charge on any atom is -0.338 e. The second-order valence-corrected chi connectivity index (χ2v) is 4.80. The molecule has 0 bridgehead atoms. The highest BCUT2D eigenvalue weighted by molar-refractivity contribution is 7.17. The van der Waals surface area contributed by atoms with E-state index in [0.29, 0.717) is 9.21 Å². The standard InChI is InChI=1S/C11H12ClNOS/c1-3-5-8(4-2)13-11(14)9-6-7-10(12)15-9/h2,6-8H,3,5H2,1H3,(H,13,14). The molecule has 1 amide bonds. The van der Waals surface area contributed by atoms with Gasteiger partial charge in [0, 0.05) is 0 Å². The average Bonchev–Trinajstić information content (AvgIpc) is 2.64. The van der Waals surface area contributed by atoms with E-state index in [2.05, 4.69) is 11.2 Å². The van der Waals surface area contributed by atoms with Gasteiger partial charge in [-0.25, -0.2) is 0 Å². The van der Waals surface area contributed by atoms with Gasteiger partial charge < -0.3 is 5.32 Å². The van der Waals surface area contributed by atoms with Gasteiger partial charge in [-0.05, 0) is 18.6 Å². The molecule has 0 radical (unpaired) electrons. The molecule has 0 aliphatic heterocycles. The van der Waals surface area contributed by atoms with Gasteiger partial charge in [-0.3, -0.25) is 4.79 Å². The van der Waals surface area contributed by atoms with Gasteiger partial charge in [0.05, 0.1) is 15.3 Å². The summed E-state index contributed by atoms with van der Waals surface area (Å²) in [6.07, 6.45) is 7.04. The first kappa shape index (κ1) is 12.1. The third-order valence-electron chi connectivity index (χ3n) is 1.88. The first-order valence-corrected chi connectivity index (χ1v) is 5.89. The van der Waals surface area contributed by atoms with Crippen LogP contribution in [0.5, 0.6) is 0 Å². The predicted molar refractivity (Wildman–Crippen MR) is 64.3 cm³/mol. The molecule has 1 N–H and O–H groups in total. The maximum absolute atomic E-state index is 11.6. The van der Waals surface area contributed by atoms with Crippen LogP contribution in [0.2, 0.25) is 4.34 Å². The molecular formula is C11H12ClNOS. The number of carbonyl (C=O) groups is 1. The maximum atomic E-state index is 11.6. The van der Waals surface area contributed by atoms with Gasteiger partial charge in [0.1, 0.15) is 0 Å². The number of halogens is 1. The number of hydrogen-bond acceptors (Lipinski definition) is 2. The van der Waals surface area contributed by atoms with Crippen LogP contribution in [0.1, 0.15) is 29.4 Å². The molecule has 0 aliphatic rings. The molecule has 1 aromatic heterocycles. The largest absolute Gasteiger partial charge is 0.338 e. The smallest absolute Gasteiger partial charge is 0.262 e. The third kappa shape index (κ3) is 3.58. The quantitative estimate of drug-likeness (QED) is 0.807. The van der Waals surface area contributed by atoms with E-state index < -0.39 is 0 Å². The molecular weight excluding hydrogens is 230 g/mol. The molecule has 2 nitrogen and oxygen atoms in total. The first-order valence-electron chi connectivity index (χ1n) is 4.69. The van der Waals surface area contributed by atoms with E-state index in [4.69, 9.17) is 18.0 Å². The molecule has 1 aromatic rings. The summed E-state index contributed by atoms with van der Waals surface area (Å²) in [6, 6.07) is 3.21. The molecule has 4 heteroatoms. The summed E-state index contributed by atoms with van der Waals surface area (Å²) in [6.45, 7) is 2.03. The Morgan fingerprint density at radius 3 is 2.93 bits per heavy atom. The molecule has 80 valence electrons. The Bertz CT molecular complexity index is 380. The van der Waals surface area contributed by atoms with Gasteiger partial charge in [0.2, 0.25) is 0 Å². The lowest BCUT2D eigenvalue weighted by atomic mass is 10.2. The van der Waals surface area contributed by atoms with Gasteiger partial charge in [-0.2, -0.15) is 0 Å². The van der Waals surface area contributed by atoms with Gasteiger partial charge >= 0.3 is 0 Å². The van der Waals surface area contributed by atoms with Crippen LogP contribution < -0.4 is 5.32 Å². The van der Waals surface area contributed by atoms with Crippen molar-refractivity contribution in [2.24, 2.45) is 0 Å². The van der Waals surface area contributed by atoms with E-state index in [1.54, 1.807) is 12.1 Å². The van der Waals surface area contributed by atoms with Crippen LogP contribution in [0.15, 0.2) is 12.1 Å². The number of amides is 1. The molecule has 1 heterocycles. The van der Waals surface area contributed by atoms with Gasteiger partial charge in [0.15, 0.2) is 0 Å². The van der Waals surface area contributed by atoms with E-state index >= 15 is 0 Å². The zero-order chi connectivity index (χ0) is 11.3. The number of rotatable bonds is 4. The summed E-state index contributed by atoms with van der Waals surface area (Å²) < 4.78 is 0.605. The molecule has 1 rings (SSSR count). The van der Waals surface area contributed by atoms with Crippen molar-refractivity contribution < 1.29 is 4.79 Å². The van der Waals surface area contributed by atoms with Crippen molar-refractivity contribution in [3.8, 4) is 12.3 Å². The Hall–Kier alpha value is -0.980. The molecule has 0 aromatic carbocycles. The Labute approximate surface area is 98.6 Å². The molecule has 15 heavy (non-hydrogen) atoms. The summed E-state index contributed by atoms with van der Waals surface area (Å²) >= 11 is 6.99. The van der Waals surface area contributed by atoms with E-state index in [9.17, 15) is 4.79 Å². The van der Waals surface area contributed by atoms with E-state index in [0.717, 1.165) is 12.8 Å². The zero-order valence-electron chi connectivity index (χ0n) is 8.42. The van der Waals surface area contributed by atoms with Crippen LogP contribution in [-0.4, -0.2) is 11.9 Å². The SMILES string of the molecule is C#CC(CCC)NC(=O)c1ccc(Cl)s1. The van der Waals surface area contributed by atoms with Crippen LogP contribution >= 0.6 is 22.9 Å². The second-order valence-electron chi connectivity index (χ2n) is 3.09. The summed E-state index contributed by atoms with van der Waals surface area (Å²) in [5.74, 6) is 2.40. The van der Waals surface area contributed by atoms with Crippen molar-refractivity contribution in [3.05, 3.63) is 21.3 Å². The second kappa shape index (κ2) is 5.79. The van der Waals surface area contributed by atoms with Crippen LogP contribution in [-0.2, 0) is 0 Å². The molecule has 0 saturated heterocycles. The number of terminal acetylenes is 1. The fraction of sp³-hybridized carbons (Fsp3) is 0.364. The summed E-state index contributed by atoms with van der Waals surface area (Å²) in [7, 11) is 0. The Balaban J connectivity index is 2.59. The van der Waals surface area contributed by atoms with Crippen molar-refractivity contribution in [1.29, 1.82) is 0 Å². The van der Waals surface area contributed by atoms with Crippen LogP contribution in [0, 0.1) is 12.3 Å². The fourth-order valence-electron chi connectivity index (χ4n) is 1.15. The highest BCUT2D eigenvalue weighted by atomic mass is 35.5. The van der Waals surface area contributed by atoms with Crippen LogP contribution in [0.3, 0.4) is 0 Å². The Morgan fingerprint density at radius 1 is 1.73 bits per heavy atom. The Kier molecular flexibility index (Phi) is 4.67. The summed E-state index contributed by atoms with van der Waals surface area (Å²) in [5.41, 5.74) is 0. The average molecular weight is 242 g/mol. The lowest BCUT2D eigenvalue weighted by Gasteiger charge is -2.10. The van der Waals surface area contributed by atoms with Crippen LogP contribution in [0.25, 0.3) is 0 Å². The molecule has 0 aliphatic carbocycles. The van der Waals surface area contributed by atoms with Crippen molar-refractivity contribution in [2.75, 3.05) is 0 Å². The van der Waals surface area contributed by atoms with Gasteiger partial charge in [-0.1, -0.05) is 30.9 Å². The maximum Gasteiger partial charge on any atom is 0.262 e. The lowest BCUT2D eigenvalue weighted by Crippen LogP contribution is -2.33. The van der Waals surface area contributed by atoms with Crippen molar-refractivity contribution in [2.45, 2.75) is 25.8 Å². The van der Waals surface area contributed by atoms with E-state index in [1.807, 2.05) is 6.92 Å². The monoisotopic (exact) mass is 241 g/mol. The molecule has 0 fully saturated rings. The number of nitrogens with one attached hydrogen (secondary N) is 1. The van der Waals surface area contributed by atoms with Gasteiger partial charge in [-0.15, -0.1) is 17.8 Å². The van der Waals surface area contributed by atoms with Crippen molar-refractivity contribution in [3.63, 3.8) is 0 Å². The predicted octanol–water partition coefficient (Wildman–Crippen LogP) is 2.93. The summed E-state index contributed by atoms with van der Waals surface area (Å²) in [5, 5.41) is 2.77. The fourth-order valence-corrected chi connectivity index (χ4v) is 2.10. The third-order valence-corrected chi connectivity index (χ3v) is 3.11. The highest BCUT2D eigenvalue weighted by Gasteiger charge is 2.12. The molecule has 0 saturated carbocycles. The highest BCUT2D eigenvalue weighted by Crippen LogP contribution is 2.21. The molecule has 0 spiro atoms. The van der Waals surface area contributed by atoms with Gasteiger partial charge in [0.25, 0.3) is 5.91 Å². The zero-order valence-corrected chi connectivity index (χ0v) is 9.99. The van der Waals surface area contributed by atoms with E-state index in [-0.39, 0.29) is 11.9 Å². The number of thiophene rings is 1. The number of hydrogen-bond donors (Lipinski definition) is 1. The minimum atomic E-state index is -0.191. The van der Waals surface area contributed by atoms with Crippen molar-refractivity contribution >= 4 is 28.8 Å². The minimum absolute atomic E-state index is 0.150. The Morgan fingerprint density at radius 2 is 2.47 bits per heavy atom. The lowest BCUT2D eigenvalue weighted by molar-refractivity contribution is 0.0948. The normalized spacial score (nSPS) is 11.8. The first-order chi connectivity index (χ1) is 7.17. The van der Waals surface area contributed by atoms with Crippen molar-refractivity contribution in [1.82, 2.24) is 5.32 Å².